The van der Waals surface area contributed by atoms with Crippen molar-refractivity contribution in [2.45, 2.75) is 32.8 Å². The van der Waals surface area contributed by atoms with Crippen molar-refractivity contribution in [3.8, 4) is 5.75 Å². The third-order valence-electron chi connectivity index (χ3n) is 1.94. The standard InChI is InChI=1S/C13H15Br3O3/c1-13(2,3)19-11(17)4-5-18-12-9(15)6-8(14)7-10(12)16/h6-7H,4-5H2,1-3H3. The molecule has 1 aromatic rings. The molecule has 0 atom stereocenters. The van der Waals surface area contributed by atoms with Gasteiger partial charge in [0.05, 0.1) is 22.0 Å². The van der Waals surface area contributed by atoms with Gasteiger partial charge in [0, 0.05) is 4.47 Å². The van der Waals surface area contributed by atoms with Gasteiger partial charge in [-0.2, -0.15) is 0 Å². The first-order chi connectivity index (χ1) is 8.69. The Hall–Kier alpha value is -0.0700. The summed E-state index contributed by atoms with van der Waals surface area (Å²) < 4.78 is 13.4. The van der Waals surface area contributed by atoms with E-state index in [0.29, 0.717) is 5.75 Å². The number of esters is 1. The van der Waals surface area contributed by atoms with Crippen LogP contribution in [0.4, 0.5) is 0 Å². The van der Waals surface area contributed by atoms with Gasteiger partial charge in [0.1, 0.15) is 11.4 Å². The summed E-state index contributed by atoms with van der Waals surface area (Å²) in [5.41, 5.74) is -0.462. The van der Waals surface area contributed by atoms with Gasteiger partial charge in [-0.15, -0.1) is 0 Å². The van der Waals surface area contributed by atoms with Crippen LogP contribution >= 0.6 is 47.8 Å². The van der Waals surface area contributed by atoms with E-state index in [0.717, 1.165) is 13.4 Å². The summed E-state index contributed by atoms with van der Waals surface area (Å²) in [6, 6.07) is 3.77. The summed E-state index contributed by atoms with van der Waals surface area (Å²) >= 11 is 10.2. The van der Waals surface area contributed by atoms with Crippen LogP contribution in [0.2, 0.25) is 0 Å². The summed E-state index contributed by atoms with van der Waals surface area (Å²) in [7, 11) is 0. The fraction of sp³-hybridized carbons (Fsp3) is 0.462. The molecule has 1 aromatic carbocycles. The lowest BCUT2D eigenvalue weighted by Crippen LogP contribution is -2.24. The Bertz CT molecular complexity index is 444. The first-order valence-electron chi connectivity index (χ1n) is 5.68. The SMILES string of the molecule is CC(C)(C)OC(=O)CCOc1c(Br)cc(Br)cc1Br. The van der Waals surface area contributed by atoms with Crippen LogP contribution in [0.15, 0.2) is 25.6 Å². The van der Waals surface area contributed by atoms with Gasteiger partial charge < -0.3 is 9.47 Å². The molecule has 0 spiro atoms. The number of benzene rings is 1. The van der Waals surface area contributed by atoms with E-state index in [4.69, 9.17) is 9.47 Å². The normalized spacial score (nSPS) is 11.3. The fourth-order valence-electron chi connectivity index (χ4n) is 1.30. The molecule has 0 aromatic heterocycles. The van der Waals surface area contributed by atoms with Crippen LogP contribution < -0.4 is 4.74 Å². The predicted molar refractivity (Wildman–Crippen MR) is 85.5 cm³/mol. The molecule has 0 unspecified atom stereocenters. The van der Waals surface area contributed by atoms with Gasteiger partial charge in [-0.1, -0.05) is 15.9 Å². The van der Waals surface area contributed by atoms with E-state index in [1.807, 2.05) is 32.9 Å². The molecule has 0 saturated carbocycles. The average molecular weight is 459 g/mol. The summed E-state index contributed by atoms with van der Waals surface area (Å²) in [6.07, 6.45) is 0.214. The fourth-order valence-corrected chi connectivity index (χ4v) is 3.78. The van der Waals surface area contributed by atoms with Crippen molar-refractivity contribution >= 4 is 53.8 Å². The van der Waals surface area contributed by atoms with Gasteiger partial charge >= 0.3 is 5.97 Å². The van der Waals surface area contributed by atoms with Crippen molar-refractivity contribution in [1.29, 1.82) is 0 Å². The Kier molecular flexibility index (Phi) is 6.33. The summed E-state index contributed by atoms with van der Waals surface area (Å²) in [5.74, 6) is 0.406. The van der Waals surface area contributed by atoms with Gasteiger partial charge in [-0.05, 0) is 64.8 Å². The van der Waals surface area contributed by atoms with Gasteiger partial charge in [0.2, 0.25) is 0 Å². The van der Waals surface area contributed by atoms with Gasteiger partial charge in [-0.3, -0.25) is 4.79 Å². The molecule has 106 valence electrons. The number of carbonyl (C=O) groups is 1. The minimum atomic E-state index is -0.462. The van der Waals surface area contributed by atoms with E-state index in [2.05, 4.69) is 47.8 Å². The van der Waals surface area contributed by atoms with Crippen LogP contribution in [0, 0.1) is 0 Å². The minimum Gasteiger partial charge on any atom is -0.491 e. The Morgan fingerprint density at radius 1 is 1.16 bits per heavy atom. The first kappa shape index (κ1) is 17.0. The second-order valence-corrected chi connectivity index (χ2v) is 7.51. The van der Waals surface area contributed by atoms with E-state index < -0.39 is 5.60 Å². The van der Waals surface area contributed by atoms with Crippen molar-refractivity contribution in [2.24, 2.45) is 0 Å². The lowest BCUT2D eigenvalue weighted by atomic mass is 10.2. The Balaban J connectivity index is 2.52. The van der Waals surface area contributed by atoms with Crippen molar-refractivity contribution in [3.05, 3.63) is 25.6 Å². The number of carbonyl (C=O) groups excluding carboxylic acids is 1. The highest BCUT2D eigenvalue weighted by molar-refractivity contribution is 9.11. The Morgan fingerprint density at radius 2 is 1.68 bits per heavy atom. The molecule has 0 N–H and O–H groups in total. The second-order valence-electron chi connectivity index (χ2n) is 4.88. The molecule has 0 aliphatic rings. The molecule has 0 saturated heterocycles. The Morgan fingerprint density at radius 3 is 2.16 bits per heavy atom. The van der Waals surface area contributed by atoms with Gasteiger partial charge in [-0.25, -0.2) is 0 Å². The number of halogens is 3. The van der Waals surface area contributed by atoms with Crippen LogP contribution in [-0.2, 0) is 9.53 Å². The lowest BCUT2D eigenvalue weighted by Gasteiger charge is -2.19. The molecule has 0 bridgehead atoms. The molecule has 0 fully saturated rings. The molecule has 0 aliphatic carbocycles. The molecule has 0 amide bonds. The molecule has 0 aliphatic heterocycles. The summed E-state index contributed by atoms with van der Waals surface area (Å²) in [5, 5.41) is 0. The third kappa shape index (κ3) is 6.27. The monoisotopic (exact) mass is 456 g/mol. The zero-order valence-electron chi connectivity index (χ0n) is 10.9. The number of hydrogen-bond donors (Lipinski definition) is 0. The van der Waals surface area contributed by atoms with E-state index in [1.165, 1.54) is 0 Å². The largest absolute Gasteiger partial charge is 0.491 e. The van der Waals surface area contributed by atoms with Crippen molar-refractivity contribution in [3.63, 3.8) is 0 Å². The van der Waals surface area contributed by atoms with E-state index in [1.54, 1.807) is 0 Å². The number of ether oxygens (including phenoxy) is 2. The highest BCUT2D eigenvalue weighted by Gasteiger charge is 2.16. The third-order valence-corrected chi connectivity index (χ3v) is 3.57. The molecule has 6 heteroatoms. The first-order valence-corrected chi connectivity index (χ1v) is 8.06. The maximum absolute atomic E-state index is 11.5. The topological polar surface area (TPSA) is 35.5 Å². The quantitative estimate of drug-likeness (QED) is 0.590. The van der Waals surface area contributed by atoms with Crippen LogP contribution in [0.3, 0.4) is 0 Å². The number of rotatable bonds is 4. The van der Waals surface area contributed by atoms with Crippen molar-refractivity contribution in [2.75, 3.05) is 6.61 Å². The summed E-state index contributed by atoms with van der Waals surface area (Å²) in [6.45, 7) is 5.79. The highest BCUT2D eigenvalue weighted by atomic mass is 79.9. The molecular formula is C13H15Br3O3. The van der Waals surface area contributed by atoms with Crippen LogP contribution in [0.1, 0.15) is 27.2 Å². The highest BCUT2D eigenvalue weighted by Crippen LogP contribution is 2.36. The molecule has 0 radical (unpaired) electrons. The maximum atomic E-state index is 11.5. The Labute approximate surface area is 138 Å². The van der Waals surface area contributed by atoms with E-state index >= 15 is 0 Å². The van der Waals surface area contributed by atoms with E-state index in [9.17, 15) is 4.79 Å². The predicted octanol–water partition coefficient (Wildman–Crippen LogP) is 5.08. The molecule has 19 heavy (non-hydrogen) atoms. The molecule has 1 rings (SSSR count). The van der Waals surface area contributed by atoms with Gasteiger partial charge in [0.25, 0.3) is 0 Å². The molecule has 3 nitrogen and oxygen atoms in total. The maximum Gasteiger partial charge on any atom is 0.309 e. The lowest BCUT2D eigenvalue weighted by molar-refractivity contribution is -0.155. The average Bonchev–Trinajstić information content (AvgIpc) is 2.19. The van der Waals surface area contributed by atoms with Crippen LogP contribution in [0.5, 0.6) is 5.75 Å². The molecule has 0 heterocycles. The summed E-state index contributed by atoms with van der Waals surface area (Å²) in [4.78, 5) is 11.5. The van der Waals surface area contributed by atoms with Crippen LogP contribution in [0.25, 0.3) is 0 Å². The van der Waals surface area contributed by atoms with Gasteiger partial charge in [0.15, 0.2) is 0 Å². The van der Waals surface area contributed by atoms with Crippen LogP contribution in [-0.4, -0.2) is 18.2 Å². The minimum absolute atomic E-state index is 0.214. The zero-order valence-corrected chi connectivity index (χ0v) is 15.7. The zero-order chi connectivity index (χ0) is 14.6. The van der Waals surface area contributed by atoms with Crippen molar-refractivity contribution in [1.82, 2.24) is 0 Å². The molecular weight excluding hydrogens is 444 g/mol. The smallest absolute Gasteiger partial charge is 0.309 e. The van der Waals surface area contributed by atoms with Crippen molar-refractivity contribution < 1.29 is 14.3 Å². The number of hydrogen-bond acceptors (Lipinski definition) is 3. The second kappa shape index (κ2) is 7.09. The van der Waals surface area contributed by atoms with E-state index in [-0.39, 0.29) is 19.0 Å².